The van der Waals surface area contributed by atoms with Crippen LogP contribution < -0.4 is 5.32 Å². The fourth-order valence-electron chi connectivity index (χ4n) is 2.98. The molecule has 2 atom stereocenters. The van der Waals surface area contributed by atoms with E-state index in [0.717, 1.165) is 12.5 Å². The molecule has 1 fully saturated rings. The molecule has 1 aromatic heterocycles. The molecule has 1 aliphatic carbocycles. The first-order chi connectivity index (χ1) is 9.27. The lowest BCUT2D eigenvalue weighted by atomic mass is 9.91. The maximum atomic E-state index is 5.05. The maximum Gasteiger partial charge on any atom is 0.0962 e. The topological polar surface area (TPSA) is 24.9 Å². The van der Waals surface area contributed by atoms with E-state index in [9.17, 15) is 0 Å². The highest BCUT2D eigenvalue weighted by Gasteiger charge is 2.29. The number of aromatic nitrogens is 1. The molecule has 0 radical (unpaired) electrons. The average Bonchev–Trinajstić information content (AvgIpc) is 2.91. The molecule has 0 aliphatic heterocycles. The lowest BCUT2D eigenvalue weighted by Crippen LogP contribution is -2.23. The third kappa shape index (κ3) is 3.82. The molecule has 114 valence electrons. The fourth-order valence-corrected chi connectivity index (χ4v) is 4.35. The Bertz CT molecular complexity index is 442. The summed E-state index contributed by atoms with van der Waals surface area (Å²) in [6, 6.07) is 0.528. The van der Waals surface area contributed by atoms with Crippen LogP contribution in [0.2, 0.25) is 0 Å². The van der Waals surface area contributed by atoms with E-state index in [-0.39, 0.29) is 5.41 Å². The van der Waals surface area contributed by atoms with Crippen molar-refractivity contribution in [1.29, 1.82) is 0 Å². The van der Waals surface area contributed by atoms with Gasteiger partial charge in [0, 0.05) is 28.8 Å². The molecule has 0 aromatic carbocycles. The SMILES string of the molecule is CC1CCC(c2nc(C(C)(C)C)c(CNC(C)C)s2)C1. The summed E-state index contributed by atoms with van der Waals surface area (Å²) in [5.74, 6) is 1.59. The van der Waals surface area contributed by atoms with E-state index in [1.54, 1.807) is 0 Å². The number of nitrogens with one attached hydrogen (secondary N) is 1. The predicted molar refractivity (Wildman–Crippen MR) is 88.5 cm³/mol. The van der Waals surface area contributed by atoms with Gasteiger partial charge in [0.05, 0.1) is 10.7 Å². The van der Waals surface area contributed by atoms with Crippen LogP contribution in [-0.4, -0.2) is 11.0 Å². The summed E-state index contributed by atoms with van der Waals surface area (Å²) in [5.41, 5.74) is 1.46. The van der Waals surface area contributed by atoms with Crippen molar-refractivity contribution < 1.29 is 0 Å². The van der Waals surface area contributed by atoms with E-state index in [1.807, 2.05) is 11.3 Å². The summed E-state index contributed by atoms with van der Waals surface area (Å²) in [5, 5.41) is 4.95. The molecule has 1 heterocycles. The van der Waals surface area contributed by atoms with Crippen LogP contribution in [0, 0.1) is 5.92 Å². The molecule has 0 spiro atoms. The maximum absolute atomic E-state index is 5.05. The summed E-state index contributed by atoms with van der Waals surface area (Å²) >= 11 is 1.95. The van der Waals surface area contributed by atoms with E-state index < -0.39 is 0 Å². The van der Waals surface area contributed by atoms with Gasteiger partial charge in [0.2, 0.25) is 0 Å². The first-order valence-corrected chi connectivity index (χ1v) is 8.82. The smallest absolute Gasteiger partial charge is 0.0962 e. The Morgan fingerprint density at radius 2 is 2.00 bits per heavy atom. The predicted octanol–water partition coefficient (Wildman–Crippen LogP) is 4.84. The third-order valence-corrected chi connectivity index (χ3v) is 5.36. The van der Waals surface area contributed by atoms with Crippen molar-refractivity contribution in [3.05, 3.63) is 15.6 Å². The zero-order valence-electron chi connectivity index (χ0n) is 13.9. The minimum absolute atomic E-state index is 0.146. The minimum atomic E-state index is 0.146. The standard InChI is InChI=1S/C17H30N2S/c1-11(2)18-10-14-15(17(4,5)6)19-16(20-14)13-8-7-12(3)9-13/h11-13,18H,7-10H2,1-6H3. The van der Waals surface area contributed by atoms with Gasteiger partial charge < -0.3 is 5.32 Å². The van der Waals surface area contributed by atoms with Gasteiger partial charge in [-0.25, -0.2) is 4.98 Å². The van der Waals surface area contributed by atoms with Crippen LogP contribution >= 0.6 is 11.3 Å². The molecular formula is C17H30N2S. The van der Waals surface area contributed by atoms with Crippen LogP contribution in [0.1, 0.15) is 82.3 Å². The van der Waals surface area contributed by atoms with Gasteiger partial charge in [-0.2, -0.15) is 0 Å². The van der Waals surface area contributed by atoms with E-state index in [4.69, 9.17) is 4.98 Å². The van der Waals surface area contributed by atoms with Gasteiger partial charge in [-0.15, -0.1) is 11.3 Å². The highest BCUT2D eigenvalue weighted by atomic mass is 32.1. The van der Waals surface area contributed by atoms with Crippen LogP contribution in [0.4, 0.5) is 0 Å². The van der Waals surface area contributed by atoms with Crippen LogP contribution in [0.15, 0.2) is 0 Å². The first-order valence-electron chi connectivity index (χ1n) is 8.00. The zero-order chi connectivity index (χ0) is 14.9. The van der Waals surface area contributed by atoms with Crippen molar-refractivity contribution >= 4 is 11.3 Å². The molecule has 1 aromatic rings. The van der Waals surface area contributed by atoms with Crippen LogP contribution in [0.5, 0.6) is 0 Å². The largest absolute Gasteiger partial charge is 0.310 e. The van der Waals surface area contributed by atoms with E-state index in [0.29, 0.717) is 12.0 Å². The van der Waals surface area contributed by atoms with Crippen LogP contribution in [0.25, 0.3) is 0 Å². The molecule has 0 amide bonds. The molecule has 3 heteroatoms. The molecule has 2 nitrogen and oxygen atoms in total. The molecule has 0 saturated heterocycles. The van der Waals surface area contributed by atoms with Crippen LogP contribution in [0.3, 0.4) is 0 Å². The van der Waals surface area contributed by atoms with Crippen molar-refractivity contribution in [1.82, 2.24) is 10.3 Å². The molecular weight excluding hydrogens is 264 g/mol. The van der Waals surface area contributed by atoms with Gasteiger partial charge in [0.15, 0.2) is 0 Å². The lowest BCUT2D eigenvalue weighted by Gasteiger charge is -2.18. The van der Waals surface area contributed by atoms with Crippen molar-refractivity contribution in [3.8, 4) is 0 Å². The van der Waals surface area contributed by atoms with Crippen molar-refractivity contribution in [2.45, 2.75) is 84.7 Å². The van der Waals surface area contributed by atoms with Gasteiger partial charge >= 0.3 is 0 Å². The first kappa shape index (κ1) is 16.0. The highest BCUT2D eigenvalue weighted by molar-refractivity contribution is 7.11. The lowest BCUT2D eigenvalue weighted by molar-refractivity contribution is 0.541. The summed E-state index contributed by atoms with van der Waals surface area (Å²) in [7, 11) is 0. The highest BCUT2D eigenvalue weighted by Crippen LogP contribution is 2.41. The van der Waals surface area contributed by atoms with Gasteiger partial charge in [-0.05, 0) is 18.8 Å². The van der Waals surface area contributed by atoms with Crippen molar-refractivity contribution in [3.63, 3.8) is 0 Å². The Labute approximate surface area is 128 Å². The second-order valence-electron chi connectivity index (χ2n) is 7.72. The van der Waals surface area contributed by atoms with Gasteiger partial charge in [0.1, 0.15) is 0 Å². The fraction of sp³-hybridized carbons (Fsp3) is 0.824. The Balaban J connectivity index is 2.22. The average molecular weight is 295 g/mol. The molecule has 2 unspecified atom stereocenters. The van der Waals surface area contributed by atoms with E-state index in [1.165, 1.54) is 34.8 Å². The van der Waals surface area contributed by atoms with E-state index in [2.05, 4.69) is 46.9 Å². The number of rotatable bonds is 4. The second-order valence-corrected chi connectivity index (χ2v) is 8.84. The molecule has 1 saturated carbocycles. The molecule has 1 aliphatic rings. The Kier molecular flexibility index (Phi) is 4.91. The van der Waals surface area contributed by atoms with E-state index >= 15 is 0 Å². The van der Waals surface area contributed by atoms with Crippen molar-refractivity contribution in [2.24, 2.45) is 5.92 Å². The molecule has 2 rings (SSSR count). The number of nitrogens with zero attached hydrogens (tertiary/aromatic N) is 1. The quantitative estimate of drug-likeness (QED) is 0.859. The summed E-state index contributed by atoms with van der Waals surface area (Å²) < 4.78 is 0. The molecule has 20 heavy (non-hydrogen) atoms. The number of hydrogen-bond acceptors (Lipinski definition) is 3. The second kappa shape index (κ2) is 6.15. The van der Waals surface area contributed by atoms with Gasteiger partial charge in [-0.3, -0.25) is 0 Å². The normalized spacial score (nSPS) is 23.8. The molecule has 1 N–H and O–H groups in total. The summed E-state index contributed by atoms with van der Waals surface area (Å²) in [6.45, 7) is 14.6. The van der Waals surface area contributed by atoms with Crippen LogP contribution in [-0.2, 0) is 12.0 Å². The zero-order valence-corrected chi connectivity index (χ0v) is 14.7. The molecule has 0 bridgehead atoms. The Morgan fingerprint density at radius 3 is 2.50 bits per heavy atom. The van der Waals surface area contributed by atoms with Crippen molar-refractivity contribution in [2.75, 3.05) is 0 Å². The third-order valence-electron chi connectivity index (χ3n) is 4.14. The summed E-state index contributed by atoms with van der Waals surface area (Å²) in [4.78, 5) is 6.50. The Hall–Kier alpha value is -0.410. The Morgan fingerprint density at radius 1 is 1.30 bits per heavy atom. The number of hydrogen-bond donors (Lipinski definition) is 1. The van der Waals surface area contributed by atoms with Gasteiger partial charge in [-0.1, -0.05) is 48.0 Å². The van der Waals surface area contributed by atoms with Gasteiger partial charge in [0.25, 0.3) is 0 Å². The minimum Gasteiger partial charge on any atom is -0.310 e. The number of thiazole rings is 1. The summed E-state index contributed by atoms with van der Waals surface area (Å²) in [6.07, 6.45) is 4.03. The monoisotopic (exact) mass is 294 g/mol.